The van der Waals surface area contributed by atoms with E-state index in [2.05, 4.69) is 32.1 Å². The van der Waals surface area contributed by atoms with Crippen molar-refractivity contribution >= 4 is 27.3 Å². The highest BCUT2D eigenvalue weighted by Gasteiger charge is 2.23. The summed E-state index contributed by atoms with van der Waals surface area (Å²) in [6, 6.07) is 19.3. The summed E-state index contributed by atoms with van der Waals surface area (Å²) in [5.41, 5.74) is 2.06. The van der Waals surface area contributed by atoms with Crippen LogP contribution >= 0.6 is 0 Å². The van der Waals surface area contributed by atoms with E-state index in [0.29, 0.717) is 23.7 Å². The number of rotatable bonds is 7. The zero-order valence-electron chi connectivity index (χ0n) is 16.9. The molecular formula is C23H24N4O3S. The van der Waals surface area contributed by atoms with Crippen LogP contribution in [0.4, 0.5) is 11.4 Å². The largest absolute Gasteiger partial charge is 0.371 e. The van der Waals surface area contributed by atoms with Crippen molar-refractivity contribution < 1.29 is 13.2 Å². The molecule has 0 saturated carbocycles. The first-order valence-electron chi connectivity index (χ1n) is 10.1. The van der Waals surface area contributed by atoms with Gasteiger partial charge in [-0.1, -0.05) is 18.2 Å². The van der Waals surface area contributed by atoms with Crippen LogP contribution in [-0.2, 0) is 10.0 Å². The van der Waals surface area contributed by atoms with Crippen LogP contribution in [0.15, 0.2) is 84.0 Å². The van der Waals surface area contributed by atoms with Gasteiger partial charge < -0.3 is 10.2 Å². The van der Waals surface area contributed by atoms with E-state index in [0.717, 1.165) is 19.5 Å². The molecule has 1 aliphatic heterocycles. The van der Waals surface area contributed by atoms with Gasteiger partial charge in [-0.05, 0) is 60.9 Å². The van der Waals surface area contributed by atoms with Gasteiger partial charge in [0.15, 0.2) is 0 Å². The number of nitrogens with zero attached hydrogens (tertiary/aromatic N) is 2. The lowest BCUT2D eigenvalue weighted by Gasteiger charge is -2.18. The minimum Gasteiger partial charge on any atom is -0.371 e. The van der Waals surface area contributed by atoms with Crippen LogP contribution in [0.2, 0.25) is 0 Å². The minimum atomic E-state index is -3.73. The molecule has 1 amide bonds. The summed E-state index contributed by atoms with van der Waals surface area (Å²) >= 11 is 0. The van der Waals surface area contributed by atoms with Gasteiger partial charge in [0.05, 0.1) is 10.6 Å². The summed E-state index contributed by atoms with van der Waals surface area (Å²) in [5, 5.41) is 2.97. The molecule has 1 aromatic heterocycles. The third-order valence-corrected chi connectivity index (χ3v) is 6.72. The number of carbonyl (C=O) groups is 1. The average Bonchev–Trinajstić information content (AvgIpc) is 3.28. The van der Waals surface area contributed by atoms with Crippen molar-refractivity contribution in [3.63, 3.8) is 0 Å². The van der Waals surface area contributed by atoms with E-state index in [9.17, 15) is 13.2 Å². The lowest BCUT2D eigenvalue weighted by atomic mass is 10.1. The maximum absolute atomic E-state index is 12.5. The molecule has 2 aromatic carbocycles. The van der Waals surface area contributed by atoms with Crippen molar-refractivity contribution in [1.29, 1.82) is 0 Å². The third-order valence-electron chi connectivity index (χ3n) is 5.32. The number of carbonyl (C=O) groups excluding carboxylic acids is 1. The number of nitrogens with one attached hydrogen (secondary N) is 2. The van der Waals surface area contributed by atoms with Crippen molar-refractivity contribution in [3.05, 3.63) is 84.7 Å². The number of benzene rings is 2. The van der Waals surface area contributed by atoms with E-state index in [1.54, 1.807) is 12.1 Å². The van der Waals surface area contributed by atoms with Gasteiger partial charge >= 0.3 is 0 Å². The van der Waals surface area contributed by atoms with Crippen molar-refractivity contribution in [3.8, 4) is 0 Å². The normalized spacial score (nSPS) is 16.1. The number of sulfonamides is 1. The molecule has 0 aliphatic carbocycles. The van der Waals surface area contributed by atoms with E-state index in [1.165, 1.54) is 42.3 Å². The highest BCUT2D eigenvalue weighted by atomic mass is 32.2. The molecule has 3 aromatic rings. The highest BCUT2D eigenvalue weighted by molar-refractivity contribution is 7.92. The van der Waals surface area contributed by atoms with Crippen LogP contribution < -0.4 is 14.9 Å². The molecule has 2 heterocycles. The molecule has 1 unspecified atom stereocenters. The number of hydrogen-bond acceptors (Lipinski definition) is 5. The second-order valence-electron chi connectivity index (χ2n) is 7.51. The van der Waals surface area contributed by atoms with E-state index in [1.807, 2.05) is 18.2 Å². The number of hydrogen-bond donors (Lipinski definition) is 2. The van der Waals surface area contributed by atoms with Gasteiger partial charge in [0, 0.05) is 43.3 Å². The van der Waals surface area contributed by atoms with Crippen molar-refractivity contribution in [2.75, 3.05) is 29.3 Å². The summed E-state index contributed by atoms with van der Waals surface area (Å²) in [6.45, 7) is 2.47. The van der Waals surface area contributed by atoms with Gasteiger partial charge in [0.2, 0.25) is 0 Å². The second-order valence-corrected chi connectivity index (χ2v) is 9.19. The smallest absolute Gasteiger partial charge is 0.261 e. The van der Waals surface area contributed by atoms with Gasteiger partial charge in [0.25, 0.3) is 15.9 Å². The molecule has 4 rings (SSSR count). The van der Waals surface area contributed by atoms with E-state index < -0.39 is 10.0 Å². The summed E-state index contributed by atoms with van der Waals surface area (Å²) in [5.74, 6) is 0.178. The van der Waals surface area contributed by atoms with E-state index in [4.69, 9.17) is 0 Å². The molecule has 1 saturated heterocycles. The van der Waals surface area contributed by atoms with E-state index in [-0.39, 0.29) is 10.8 Å². The van der Waals surface area contributed by atoms with Gasteiger partial charge in [-0.2, -0.15) is 0 Å². The molecule has 0 spiro atoms. The molecule has 31 heavy (non-hydrogen) atoms. The third kappa shape index (κ3) is 5.21. The first-order valence-corrected chi connectivity index (χ1v) is 11.6. The molecule has 0 bridgehead atoms. The Morgan fingerprint density at radius 2 is 1.71 bits per heavy atom. The average molecular weight is 437 g/mol. The topological polar surface area (TPSA) is 91.4 Å². The Kier molecular flexibility index (Phi) is 6.18. The maximum atomic E-state index is 12.5. The number of pyridine rings is 1. The second kappa shape index (κ2) is 9.18. The Balaban J connectivity index is 1.31. The predicted octanol–water partition coefficient (Wildman–Crippen LogP) is 3.14. The van der Waals surface area contributed by atoms with Crippen molar-refractivity contribution in [2.45, 2.75) is 11.3 Å². The van der Waals surface area contributed by atoms with Gasteiger partial charge in [-0.25, -0.2) is 8.42 Å². The van der Waals surface area contributed by atoms with Crippen molar-refractivity contribution in [1.82, 2.24) is 10.3 Å². The minimum absolute atomic E-state index is 0.0927. The molecule has 8 heteroatoms. The first kappa shape index (κ1) is 20.9. The predicted molar refractivity (Wildman–Crippen MR) is 121 cm³/mol. The van der Waals surface area contributed by atoms with Crippen LogP contribution in [0.25, 0.3) is 0 Å². The van der Waals surface area contributed by atoms with Crippen LogP contribution in [0.3, 0.4) is 0 Å². The molecule has 1 atom stereocenters. The van der Waals surface area contributed by atoms with Gasteiger partial charge in [-0.3, -0.25) is 14.5 Å². The summed E-state index contributed by atoms with van der Waals surface area (Å²) in [7, 11) is -3.73. The van der Waals surface area contributed by atoms with Crippen molar-refractivity contribution in [2.24, 2.45) is 5.92 Å². The van der Waals surface area contributed by atoms with Crippen LogP contribution in [0.5, 0.6) is 0 Å². The molecule has 1 fully saturated rings. The Hall–Kier alpha value is -3.39. The lowest BCUT2D eigenvalue weighted by Crippen LogP contribution is -2.31. The fraction of sp³-hybridized carbons (Fsp3) is 0.217. The fourth-order valence-electron chi connectivity index (χ4n) is 3.63. The fourth-order valence-corrected chi connectivity index (χ4v) is 4.69. The molecule has 2 N–H and O–H groups in total. The Bertz CT molecular complexity index is 1120. The Morgan fingerprint density at radius 1 is 1.00 bits per heavy atom. The zero-order valence-corrected chi connectivity index (χ0v) is 17.8. The molecule has 1 aliphatic rings. The zero-order chi connectivity index (χ0) is 21.7. The van der Waals surface area contributed by atoms with Gasteiger partial charge in [-0.15, -0.1) is 0 Å². The summed E-state index contributed by atoms with van der Waals surface area (Å²) in [4.78, 5) is 18.8. The molecule has 7 nitrogen and oxygen atoms in total. The monoisotopic (exact) mass is 436 g/mol. The number of anilines is 2. The summed E-state index contributed by atoms with van der Waals surface area (Å²) < 4.78 is 27.5. The Labute approximate surface area is 182 Å². The number of para-hydroxylation sites is 1. The molecule has 0 radical (unpaired) electrons. The van der Waals surface area contributed by atoms with Crippen LogP contribution in [0, 0.1) is 5.92 Å². The SMILES string of the molecule is O=C(NCC1CCN(c2ccccc2)C1)c1ccc(S(=O)(=O)Nc2ccncc2)cc1. The standard InChI is InChI=1S/C23H24N4O3S/c28-23(25-16-18-12-15-27(17-18)21-4-2-1-3-5-21)19-6-8-22(9-7-19)31(29,30)26-20-10-13-24-14-11-20/h1-11,13-14,18H,12,15-17H2,(H,24,26)(H,25,28). The van der Waals surface area contributed by atoms with E-state index >= 15 is 0 Å². The number of aromatic nitrogens is 1. The van der Waals surface area contributed by atoms with Crippen LogP contribution in [0.1, 0.15) is 16.8 Å². The lowest BCUT2D eigenvalue weighted by molar-refractivity contribution is 0.0948. The quantitative estimate of drug-likeness (QED) is 0.594. The number of amides is 1. The molecule has 160 valence electrons. The first-order chi connectivity index (χ1) is 15.0. The van der Waals surface area contributed by atoms with Crippen LogP contribution in [-0.4, -0.2) is 38.9 Å². The summed E-state index contributed by atoms with van der Waals surface area (Å²) in [6.07, 6.45) is 4.04. The highest BCUT2D eigenvalue weighted by Crippen LogP contribution is 2.23. The van der Waals surface area contributed by atoms with Gasteiger partial charge in [0.1, 0.15) is 0 Å². The maximum Gasteiger partial charge on any atom is 0.261 e. The molecular weight excluding hydrogens is 412 g/mol. The Morgan fingerprint density at radius 3 is 2.42 bits per heavy atom.